The van der Waals surface area contributed by atoms with Crippen LogP contribution in [0.15, 0.2) is 0 Å². The van der Waals surface area contributed by atoms with Crippen LogP contribution in [0.2, 0.25) is 0 Å². The summed E-state index contributed by atoms with van der Waals surface area (Å²) >= 11 is 0. The zero-order valence-corrected chi connectivity index (χ0v) is 9.11. The lowest BCUT2D eigenvalue weighted by molar-refractivity contribution is -0.501. The summed E-state index contributed by atoms with van der Waals surface area (Å²) in [5.74, 6) is -0.579. The van der Waals surface area contributed by atoms with E-state index in [4.69, 9.17) is 9.47 Å². The average Bonchev–Trinajstić information content (AvgIpc) is 2.33. The Bertz CT molecular complexity index is 287. The molecule has 0 aromatic heterocycles. The van der Waals surface area contributed by atoms with Crippen LogP contribution in [0.25, 0.3) is 0 Å². The third-order valence-corrected chi connectivity index (χ3v) is 2.92. The van der Waals surface area contributed by atoms with Crippen molar-refractivity contribution in [2.45, 2.75) is 57.6 Å². The van der Waals surface area contributed by atoms with Gasteiger partial charge in [-0.15, -0.1) is 0 Å². The number of rotatable bonds is 1. The SMILES string of the molecule is CC[C@@H]1[C@H]2OC(C)(C)O[C@@]2(C)C=[N+]1[O-]. The van der Waals surface area contributed by atoms with Gasteiger partial charge in [-0.05, 0) is 20.8 Å². The van der Waals surface area contributed by atoms with Gasteiger partial charge in [0.25, 0.3) is 0 Å². The second kappa shape index (κ2) is 2.70. The van der Waals surface area contributed by atoms with E-state index in [2.05, 4.69) is 0 Å². The monoisotopic (exact) mass is 199 g/mol. The smallest absolute Gasteiger partial charge is 0.192 e. The maximum absolute atomic E-state index is 11.5. The quantitative estimate of drug-likeness (QED) is 0.472. The molecule has 0 aromatic carbocycles. The summed E-state index contributed by atoms with van der Waals surface area (Å²) in [6, 6.07) is -0.109. The Morgan fingerprint density at radius 2 is 2.07 bits per heavy atom. The zero-order chi connectivity index (χ0) is 10.6. The Hall–Kier alpha value is -0.610. The maximum Gasteiger partial charge on any atom is 0.192 e. The number of nitrogens with zero attached hydrogens (tertiary/aromatic N) is 1. The summed E-state index contributed by atoms with van der Waals surface area (Å²) < 4.78 is 12.5. The van der Waals surface area contributed by atoms with E-state index in [1.807, 2.05) is 27.7 Å². The van der Waals surface area contributed by atoms with E-state index in [1.165, 1.54) is 0 Å². The first-order chi connectivity index (χ1) is 6.38. The molecular formula is C10H17NO3. The molecule has 0 unspecified atom stereocenters. The molecule has 3 atom stereocenters. The van der Waals surface area contributed by atoms with Crippen molar-refractivity contribution in [2.75, 3.05) is 0 Å². The van der Waals surface area contributed by atoms with Gasteiger partial charge in [-0.25, -0.2) is 4.74 Å². The molecule has 0 aliphatic carbocycles. The average molecular weight is 199 g/mol. The van der Waals surface area contributed by atoms with E-state index in [1.54, 1.807) is 6.21 Å². The highest BCUT2D eigenvalue weighted by molar-refractivity contribution is 5.67. The number of fused-ring (bicyclic) bond motifs is 1. The molecule has 0 N–H and O–H groups in total. The van der Waals surface area contributed by atoms with Crippen LogP contribution in [-0.4, -0.2) is 34.5 Å². The molecule has 0 aromatic rings. The number of hydrogen-bond donors (Lipinski definition) is 0. The highest BCUT2D eigenvalue weighted by Gasteiger charge is 2.60. The van der Waals surface area contributed by atoms with Crippen molar-refractivity contribution in [2.24, 2.45) is 0 Å². The molecular weight excluding hydrogens is 182 g/mol. The van der Waals surface area contributed by atoms with Crippen LogP contribution in [0.3, 0.4) is 0 Å². The van der Waals surface area contributed by atoms with E-state index in [0.29, 0.717) is 0 Å². The van der Waals surface area contributed by atoms with Gasteiger partial charge in [0.1, 0.15) is 0 Å². The fourth-order valence-corrected chi connectivity index (χ4v) is 2.47. The van der Waals surface area contributed by atoms with Gasteiger partial charge < -0.3 is 14.7 Å². The first-order valence-corrected chi connectivity index (χ1v) is 5.07. The third kappa shape index (κ3) is 1.25. The van der Waals surface area contributed by atoms with Crippen molar-refractivity contribution in [3.63, 3.8) is 0 Å². The van der Waals surface area contributed by atoms with Gasteiger partial charge in [0.2, 0.25) is 0 Å². The molecule has 2 aliphatic heterocycles. The lowest BCUT2D eigenvalue weighted by Gasteiger charge is -2.20. The minimum absolute atomic E-state index is 0.109. The van der Waals surface area contributed by atoms with E-state index >= 15 is 0 Å². The van der Waals surface area contributed by atoms with Crippen LogP contribution in [0, 0.1) is 5.21 Å². The Morgan fingerprint density at radius 1 is 1.43 bits per heavy atom. The van der Waals surface area contributed by atoms with Crippen molar-refractivity contribution in [3.8, 4) is 0 Å². The number of ether oxygens (including phenoxy) is 2. The first-order valence-electron chi connectivity index (χ1n) is 5.07. The van der Waals surface area contributed by atoms with Crippen molar-refractivity contribution in [3.05, 3.63) is 5.21 Å². The lowest BCUT2D eigenvalue weighted by atomic mass is 9.97. The first kappa shape index (κ1) is 9.93. The summed E-state index contributed by atoms with van der Waals surface area (Å²) in [6.45, 7) is 7.66. The number of hydroxylamine groups is 1. The van der Waals surface area contributed by atoms with E-state index < -0.39 is 11.4 Å². The molecule has 0 amide bonds. The van der Waals surface area contributed by atoms with Gasteiger partial charge in [0, 0.05) is 6.42 Å². The lowest BCUT2D eigenvalue weighted by Crippen LogP contribution is -2.39. The molecule has 2 aliphatic rings. The molecule has 0 spiro atoms. The summed E-state index contributed by atoms with van der Waals surface area (Å²) in [7, 11) is 0. The summed E-state index contributed by atoms with van der Waals surface area (Å²) in [5.41, 5.74) is -0.550. The number of hydrogen-bond acceptors (Lipinski definition) is 3. The molecule has 2 heterocycles. The summed E-state index contributed by atoms with van der Waals surface area (Å²) in [4.78, 5) is 0. The van der Waals surface area contributed by atoms with E-state index in [9.17, 15) is 5.21 Å². The van der Waals surface area contributed by atoms with Crippen LogP contribution in [0.1, 0.15) is 34.1 Å². The summed E-state index contributed by atoms with van der Waals surface area (Å²) in [6.07, 6.45) is 2.24. The van der Waals surface area contributed by atoms with E-state index in [-0.39, 0.29) is 12.1 Å². The van der Waals surface area contributed by atoms with Crippen LogP contribution in [0.4, 0.5) is 0 Å². The fraction of sp³-hybridized carbons (Fsp3) is 0.900. The largest absolute Gasteiger partial charge is 0.624 e. The molecule has 1 fully saturated rings. The molecule has 4 nitrogen and oxygen atoms in total. The van der Waals surface area contributed by atoms with Crippen LogP contribution >= 0.6 is 0 Å². The van der Waals surface area contributed by atoms with Gasteiger partial charge in [-0.3, -0.25) is 0 Å². The van der Waals surface area contributed by atoms with Gasteiger partial charge in [0.15, 0.2) is 29.7 Å². The van der Waals surface area contributed by atoms with Crippen LogP contribution < -0.4 is 0 Å². The highest BCUT2D eigenvalue weighted by Crippen LogP contribution is 2.40. The Kier molecular flexibility index (Phi) is 1.92. The zero-order valence-electron chi connectivity index (χ0n) is 9.11. The molecule has 1 saturated heterocycles. The second-order valence-corrected chi connectivity index (χ2v) is 4.69. The highest BCUT2D eigenvalue weighted by atomic mass is 16.8. The van der Waals surface area contributed by atoms with Crippen LogP contribution in [-0.2, 0) is 9.47 Å². The Labute approximate surface area is 84.1 Å². The van der Waals surface area contributed by atoms with Crippen molar-refractivity contribution >= 4 is 6.21 Å². The summed E-state index contributed by atoms with van der Waals surface area (Å²) in [5, 5.41) is 11.5. The molecule has 4 heteroatoms. The van der Waals surface area contributed by atoms with Gasteiger partial charge in [-0.2, -0.15) is 0 Å². The molecule has 2 rings (SSSR count). The Morgan fingerprint density at radius 3 is 2.64 bits per heavy atom. The molecule has 0 bridgehead atoms. The minimum atomic E-state index is -0.579. The fourth-order valence-electron chi connectivity index (χ4n) is 2.47. The minimum Gasteiger partial charge on any atom is -0.624 e. The molecule has 0 saturated carbocycles. The molecule has 0 radical (unpaired) electrons. The maximum atomic E-state index is 11.5. The molecule has 80 valence electrons. The predicted molar refractivity (Wildman–Crippen MR) is 52.2 cm³/mol. The third-order valence-electron chi connectivity index (χ3n) is 2.92. The normalized spacial score (nSPS) is 45.0. The van der Waals surface area contributed by atoms with E-state index in [0.717, 1.165) is 11.2 Å². The standard InChI is InChI=1S/C10H17NO3/c1-5-7-8-10(4,6-11(7)12)14-9(2,3)13-8/h6-8H,5H2,1-4H3/t7-,8-,10+/m1/s1. The Balaban J connectivity index is 2.30. The van der Waals surface area contributed by atoms with Crippen LogP contribution in [0.5, 0.6) is 0 Å². The topological polar surface area (TPSA) is 44.5 Å². The predicted octanol–water partition coefficient (Wildman–Crippen LogP) is 1.27. The van der Waals surface area contributed by atoms with Crippen molar-refractivity contribution in [1.29, 1.82) is 0 Å². The van der Waals surface area contributed by atoms with Crippen molar-refractivity contribution < 1.29 is 14.2 Å². The van der Waals surface area contributed by atoms with Gasteiger partial charge >= 0.3 is 0 Å². The second-order valence-electron chi connectivity index (χ2n) is 4.69. The van der Waals surface area contributed by atoms with Gasteiger partial charge in [0.05, 0.1) is 0 Å². The van der Waals surface area contributed by atoms with Gasteiger partial charge in [-0.1, -0.05) is 6.92 Å². The molecule has 14 heavy (non-hydrogen) atoms. The van der Waals surface area contributed by atoms with Crippen molar-refractivity contribution in [1.82, 2.24) is 0 Å².